The van der Waals surface area contributed by atoms with Crippen LogP contribution in [0.25, 0.3) is 0 Å². The monoisotopic (exact) mass is 362 g/mol. The maximum absolute atomic E-state index is 12.6. The zero-order chi connectivity index (χ0) is 17.9. The highest BCUT2D eigenvalue weighted by molar-refractivity contribution is 6.33. The number of nitrogens with zero attached hydrogens (tertiary/aromatic N) is 4. The third-order valence-electron chi connectivity index (χ3n) is 3.71. The van der Waals surface area contributed by atoms with E-state index in [0.29, 0.717) is 31.7 Å². The van der Waals surface area contributed by atoms with Crippen LogP contribution >= 0.6 is 11.6 Å². The largest absolute Gasteiger partial charge is 0.417 e. The standard InChI is InChI=1S/C15H18ClF3N4O/c1-22(2)9-21-14(24)10-3-5-23(6-4-10)13-12(16)7-11(8-20-13)15(17,18)19/h7-10H,3-6H2,1-2H3. The maximum atomic E-state index is 12.6. The number of aliphatic imine (C=N–C) groups is 1. The van der Waals surface area contributed by atoms with Gasteiger partial charge in [-0.2, -0.15) is 13.2 Å². The molecule has 1 amide bonds. The number of alkyl halides is 3. The molecule has 0 saturated carbocycles. The average molecular weight is 363 g/mol. The minimum absolute atomic E-state index is 0.0415. The van der Waals surface area contributed by atoms with Gasteiger partial charge >= 0.3 is 6.18 Å². The van der Waals surface area contributed by atoms with Crippen LogP contribution in [0.15, 0.2) is 17.3 Å². The van der Waals surface area contributed by atoms with Crippen LogP contribution in [0.5, 0.6) is 0 Å². The van der Waals surface area contributed by atoms with Crippen LogP contribution in [0, 0.1) is 5.92 Å². The Morgan fingerprint density at radius 3 is 2.54 bits per heavy atom. The van der Waals surface area contributed by atoms with Gasteiger partial charge < -0.3 is 9.80 Å². The van der Waals surface area contributed by atoms with E-state index in [1.54, 1.807) is 23.9 Å². The van der Waals surface area contributed by atoms with Gasteiger partial charge in [0.25, 0.3) is 0 Å². The fraction of sp³-hybridized carbons (Fsp3) is 0.533. The zero-order valence-corrected chi connectivity index (χ0v) is 14.1. The summed E-state index contributed by atoms with van der Waals surface area (Å²) < 4.78 is 37.9. The average Bonchev–Trinajstić information content (AvgIpc) is 2.52. The molecule has 132 valence electrons. The van der Waals surface area contributed by atoms with Crippen molar-refractivity contribution in [3.63, 3.8) is 0 Å². The molecule has 9 heteroatoms. The molecule has 0 aromatic carbocycles. The number of aromatic nitrogens is 1. The molecule has 5 nitrogen and oxygen atoms in total. The van der Waals surface area contributed by atoms with E-state index in [-0.39, 0.29) is 16.8 Å². The van der Waals surface area contributed by atoms with Gasteiger partial charge in [0.1, 0.15) is 5.82 Å². The molecule has 1 aromatic rings. The predicted molar refractivity (Wildman–Crippen MR) is 86.4 cm³/mol. The van der Waals surface area contributed by atoms with Crippen molar-refractivity contribution in [1.29, 1.82) is 0 Å². The second-order valence-electron chi connectivity index (χ2n) is 5.83. The van der Waals surface area contributed by atoms with Crippen molar-refractivity contribution in [1.82, 2.24) is 9.88 Å². The lowest BCUT2D eigenvalue weighted by molar-refractivity contribution is -0.137. The molecule has 1 aliphatic heterocycles. The summed E-state index contributed by atoms with van der Waals surface area (Å²) >= 11 is 5.95. The van der Waals surface area contributed by atoms with Crippen molar-refractivity contribution < 1.29 is 18.0 Å². The Morgan fingerprint density at radius 2 is 2.04 bits per heavy atom. The fourth-order valence-corrected chi connectivity index (χ4v) is 2.72. The molecular formula is C15H18ClF3N4O. The Bertz CT molecular complexity index is 626. The van der Waals surface area contributed by atoms with E-state index in [4.69, 9.17) is 11.6 Å². The van der Waals surface area contributed by atoms with Crippen LogP contribution in [-0.2, 0) is 11.0 Å². The van der Waals surface area contributed by atoms with Crippen LogP contribution in [0.4, 0.5) is 19.0 Å². The number of anilines is 1. The Labute approximate surface area is 143 Å². The van der Waals surface area contributed by atoms with Crippen LogP contribution in [0.3, 0.4) is 0 Å². The highest BCUT2D eigenvalue weighted by Crippen LogP contribution is 2.34. The summed E-state index contributed by atoms with van der Waals surface area (Å²) in [5.41, 5.74) is -0.876. The first-order chi connectivity index (χ1) is 11.2. The number of carbonyl (C=O) groups excluding carboxylic acids is 1. The van der Waals surface area contributed by atoms with Gasteiger partial charge in [0, 0.05) is 39.3 Å². The molecule has 1 fully saturated rings. The number of pyridine rings is 1. The van der Waals surface area contributed by atoms with Crippen LogP contribution in [-0.4, -0.2) is 49.3 Å². The smallest absolute Gasteiger partial charge is 0.369 e. The molecule has 24 heavy (non-hydrogen) atoms. The van der Waals surface area contributed by atoms with Crippen molar-refractivity contribution in [2.45, 2.75) is 19.0 Å². The number of hydrogen-bond donors (Lipinski definition) is 0. The molecule has 1 saturated heterocycles. The summed E-state index contributed by atoms with van der Waals surface area (Å²) in [4.78, 5) is 23.2. The lowest BCUT2D eigenvalue weighted by Gasteiger charge is -2.32. The fourth-order valence-electron chi connectivity index (χ4n) is 2.43. The summed E-state index contributed by atoms with van der Waals surface area (Å²) in [5.74, 6) is -0.0622. The number of halogens is 4. The molecule has 0 unspecified atom stereocenters. The molecule has 2 rings (SSSR count). The Morgan fingerprint density at radius 1 is 1.42 bits per heavy atom. The number of carbonyl (C=O) groups is 1. The zero-order valence-electron chi connectivity index (χ0n) is 13.3. The summed E-state index contributed by atoms with van der Waals surface area (Å²) in [5, 5.41) is -0.0415. The summed E-state index contributed by atoms with van der Waals surface area (Å²) in [7, 11) is 3.55. The van der Waals surface area contributed by atoms with Gasteiger partial charge in [-0.15, -0.1) is 0 Å². The third-order valence-corrected chi connectivity index (χ3v) is 3.99. The lowest BCUT2D eigenvalue weighted by Crippen LogP contribution is -2.36. The van der Waals surface area contributed by atoms with Gasteiger partial charge in [0.15, 0.2) is 0 Å². The van der Waals surface area contributed by atoms with E-state index >= 15 is 0 Å². The van der Waals surface area contributed by atoms with Crippen molar-refractivity contribution in [3.8, 4) is 0 Å². The van der Waals surface area contributed by atoms with E-state index in [9.17, 15) is 18.0 Å². The van der Waals surface area contributed by atoms with Gasteiger partial charge in [0.2, 0.25) is 5.91 Å². The highest BCUT2D eigenvalue weighted by Gasteiger charge is 2.32. The Hall–Kier alpha value is -1.83. The van der Waals surface area contributed by atoms with Crippen LogP contribution in [0.2, 0.25) is 5.02 Å². The van der Waals surface area contributed by atoms with E-state index in [1.165, 1.54) is 6.34 Å². The number of hydrogen-bond acceptors (Lipinski definition) is 3. The minimum atomic E-state index is -4.47. The molecule has 0 radical (unpaired) electrons. The van der Waals surface area contributed by atoms with E-state index in [1.807, 2.05) is 0 Å². The Kier molecular flexibility index (Phi) is 5.69. The first-order valence-electron chi connectivity index (χ1n) is 7.40. The number of amides is 1. The first kappa shape index (κ1) is 18.5. The van der Waals surface area contributed by atoms with Gasteiger partial charge in [-0.25, -0.2) is 9.98 Å². The highest BCUT2D eigenvalue weighted by atomic mass is 35.5. The quantitative estimate of drug-likeness (QED) is 0.612. The van der Waals surface area contributed by atoms with Crippen LogP contribution in [0.1, 0.15) is 18.4 Å². The van der Waals surface area contributed by atoms with Crippen molar-refractivity contribution in [3.05, 3.63) is 22.8 Å². The number of rotatable bonds is 3. The summed E-state index contributed by atoms with van der Waals surface area (Å²) in [6.07, 6.45) is -1.12. The molecular weight excluding hydrogens is 345 g/mol. The molecule has 0 spiro atoms. The van der Waals surface area contributed by atoms with E-state index in [2.05, 4.69) is 9.98 Å². The molecule has 1 aromatic heterocycles. The first-order valence-corrected chi connectivity index (χ1v) is 7.78. The maximum Gasteiger partial charge on any atom is 0.417 e. The van der Waals surface area contributed by atoms with Crippen molar-refractivity contribution >= 4 is 29.7 Å². The Balaban J connectivity index is 2.01. The summed E-state index contributed by atoms with van der Waals surface area (Å²) in [6.45, 7) is 0.984. The van der Waals surface area contributed by atoms with Crippen molar-refractivity contribution in [2.75, 3.05) is 32.1 Å². The van der Waals surface area contributed by atoms with Crippen LogP contribution < -0.4 is 4.90 Å². The minimum Gasteiger partial charge on any atom is -0.369 e. The predicted octanol–water partition coefficient (Wildman–Crippen LogP) is 3.09. The van der Waals surface area contributed by atoms with E-state index < -0.39 is 11.7 Å². The van der Waals surface area contributed by atoms with Gasteiger partial charge in [-0.1, -0.05) is 11.6 Å². The van der Waals surface area contributed by atoms with Gasteiger partial charge in [0.05, 0.1) is 16.9 Å². The second kappa shape index (κ2) is 7.38. The van der Waals surface area contributed by atoms with Gasteiger partial charge in [-0.05, 0) is 18.9 Å². The topological polar surface area (TPSA) is 48.8 Å². The SMILES string of the molecule is CN(C)C=NC(=O)C1CCN(c2ncc(C(F)(F)F)cc2Cl)CC1. The third kappa shape index (κ3) is 4.59. The normalized spacial score (nSPS) is 16.7. The molecule has 0 N–H and O–H groups in total. The number of piperidine rings is 1. The molecule has 0 atom stereocenters. The molecule has 1 aliphatic rings. The molecule has 0 aliphatic carbocycles. The lowest BCUT2D eigenvalue weighted by atomic mass is 9.96. The second-order valence-corrected chi connectivity index (χ2v) is 6.24. The van der Waals surface area contributed by atoms with Crippen molar-refractivity contribution in [2.24, 2.45) is 10.9 Å². The summed E-state index contributed by atoms with van der Waals surface area (Å²) in [6, 6.07) is 0.877. The molecule has 2 heterocycles. The van der Waals surface area contributed by atoms with Gasteiger partial charge in [-0.3, -0.25) is 4.79 Å². The van der Waals surface area contributed by atoms with E-state index in [0.717, 1.165) is 12.3 Å². The molecule has 0 bridgehead atoms.